The fourth-order valence-electron chi connectivity index (χ4n) is 3.78. The van der Waals surface area contributed by atoms with Gasteiger partial charge in [-0.1, -0.05) is 18.2 Å². The van der Waals surface area contributed by atoms with Gasteiger partial charge >= 0.3 is 0 Å². The number of nitrogens with one attached hydrogen (secondary N) is 1. The van der Waals surface area contributed by atoms with Crippen LogP contribution in [-0.2, 0) is 4.79 Å². The van der Waals surface area contributed by atoms with Gasteiger partial charge in [0.25, 0.3) is 5.91 Å². The smallest absolute Gasteiger partial charge is 0.266 e. The number of carbonyl (C=O) groups excluding carboxylic acids is 2. The van der Waals surface area contributed by atoms with Crippen LogP contribution in [0.5, 0.6) is 5.75 Å². The molecule has 0 radical (unpaired) electrons. The van der Waals surface area contributed by atoms with E-state index in [2.05, 4.69) is 11.4 Å². The molecule has 0 spiro atoms. The van der Waals surface area contributed by atoms with E-state index in [0.717, 1.165) is 44.9 Å². The van der Waals surface area contributed by atoms with E-state index in [4.69, 9.17) is 4.74 Å². The summed E-state index contributed by atoms with van der Waals surface area (Å²) in [7, 11) is 1.61. The van der Waals surface area contributed by atoms with Gasteiger partial charge in [0.1, 0.15) is 5.75 Å². The second-order valence-electron chi connectivity index (χ2n) is 6.97. The highest BCUT2D eigenvalue weighted by atomic mass is 32.1. The molecule has 1 aliphatic rings. The minimum absolute atomic E-state index is 0.0891. The molecular weight excluding hydrogens is 372 g/mol. The van der Waals surface area contributed by atoms with Crippen molar-refractivity contribution in [1.82, 2.24) is 4.90 Å². The first kappa shape index (κ1) is 18.5. The number of methoxy groups -OCH3 is 1. The predicted octanol–water partition coefficient (Wildman–Crippen LogP) is 4.50. The van der Waals surface area contributed by atoms with Crippen LogP contribution >= 0.6 is 11.3 Å². The molecule has 1 fully saturated rings. The van der Waals surface area contributed by atoms with Crippen LogP contribution in [0.3, 0.4) is 0 Å². The number of fused-ring (bicyclic) bond motifs is 1. The van der Waals surface area contributed by atoms with Gasteiger partial charge in [-0.2, -0.15) is 0 Å². The summed E-state index contributed by atoms with van der Waals surface area (Å²) in [5.74, 6) is 0.904. The Morgan fingerprint density at radius 2 is 1.89 bits per heavy atom. The highest BCUT2D eigenvalue weighted by molar-refractivity contribution is 7.21. The Morgan fingerprint density at radius 3 is 2.57 bits per heavy atom. The Bertz CT molecular complexity index is 1030. The Labute approximate surface area is 167 Å². The third-order valence-electron chi connectivity index (χ3n) is 5.23. The van der Waals surface area contributed by atoms with Crippen molar-refractivity contribution in [2.24, 2.45) is 0 Å². The third-order valence-corrected chi connectivity index (χ3v) is 6.42. The van der Waals surface area contributed by atoms with Gasteiger partial charge in [0, 0.05) is 36.3 Å². The maximum atomic E-state index is 13.1. The van der Waals surface area contributed by atoms with Gasteiger partial charge in [0.15, 0.2) is 0 Å². The fourth-order valence-corrected chi connectivity index (χ4v) is 4.97. The second-order valence-corrected chi connectivity index (χ2v) is 8.03. The normalized spacial score (nSPS) is 16.4. The molecule has 2 heterocycles. The monoisotopic (exact) mass is 394 g/mol. The molecular formula is C22H22N2O3S. The average molecular weight is 394 g/mol. The van der Waals surface area contributed by atoms with Gasteiger partial charge in [-0.15, -0.1) is 11.3 Å². The van der Waals surface area contributed by atoms with E-state index in [1.54, 1.807) is 14.0 Å². The van der Waals surface area contributed by atoms with Crippen molar-refractivity contribution >= 4 is 38.9 Å². The highest BCUT2D eigenvalue weighted by Crippen LogP contribution is 2.40. The summed E-state index contributed by atoms with van der Waals surface area (Å²) in [6.45, 7) is 3.01. The number of amides is 2. The lowest BCUT2D eigenvalue weighted by Gasteiger charge is -2.15. The number of hydrogen-bond donors (Lipinski definition) is 1. The van der Waals surface area contributed by atoms with Crippen LogP contribution in [0.2, 0.25) is 0 Å². The average Bonchev–Trinajstić information content (AvgIpc) is 3.33. The number of ether oxygens (including phenoxy) is 1. The molecule has 0 aliphatic carbocycles. The van der Waals surface area contributed by atoms with Crippen LogP contribution in [0, 0.1) is 0 Å². The summed E-state index contributed by atoms with van der Waals surface area (Å²) in [5, 5.41) is 4.12. The number of hydrogen-bond acceptors (Lipinski definition) is 4. The summed E-state index contributed by atoms with van der Waals surface area (Å²) >= 11 is 1.52. The van der Waals surface area contributed by atoms with E-state index in [0.29, 0.717) is 6.54 Å². The Hall–Kier alpha value is -2.86. The molecule has 4 rings (SSSR count). The molecule has 1 saturated heterocycles. The summed E-state index contributed by atoms with van der Waals surface area (Å²) in [6, 6.07) is 15.4. The van der Waals surface area contributed by atoms with E-state index < -0.39 is 0 Å². The Kier molecular flexibility index (Phi) is 5.05. The van der Waals surface area contributed by atoms with Crippen molar-refractivity contribution in [3.63, 3.8) is 0 Å². The molecule has 6 heteroatoms. The van der Waals surface area contributed by atoms with Crippen molar-refractivity contribution in [1.29, 1.82) is 0 Å². The van der Waals surface area contributed by atoms with Crippen LogP contribution in [-0.4, -0.2) is 36.9 Å². The molecule has 2 amide bonds. The fraction of sp³-hybridized carbons (Fsp3) is 0.273. The topological polar surface area (TPSA) is 58.6 Å². The van der Waals surface area contributed by atoms with Crippen LogP contribution in [0.25, 0.3) is 10.1 Å². The van der Waals surface area contributed by atoms with Crippen molar-refractivity contribution in [3.8, 4) is 5.75 Å². The van der Waals surface area contributed by atoms with Crippen LogP contribution in [0.4, 0.5) is 5.69 Å². The van der Waals surface area contributed by atoms with Crippen molar-refractivity contribution in [2.75, 3.05) is 25.5 Å². The first-order valence-corrected chi connectivity index (χ1v) is 10.1. The maximum absolute atomic E-state index is 13.1. The zero-order valence-corrected chi connectivity index (χ0v) is 16.7. The third kappa shape index (κ3) is 3.47. The number of thiophene rings is 1. The zero-order chi connectivity index (χ0) is 19.7. The minimum atomic E-state index is -0.109. The Morgan fingerprint density at radius 1 is 1.14 bits per heavy atom. The zero-order valence-electron chi connectivity index (χ0n) is 15.9. The van der Waals surface area contributed by atoms with Gasteiger partial charge < -0.3 is 15.0 Å². The molecule has 0 saturated carbocycles. The van der Waals surface area contributed by atoms with Crippen molar-refractivity contribution in [2.45, 2.75) is 19.3 Å². The molecule has 28 heavy (non-hydrogen) atoms. The van der Waals surface area contributed by atoms with Gasteiger partial charge in [0.05, 0.1) is 12.0 Å². The standard InChI is InChI=1S/C22H22N2O3S/c1-14(25)24-12-11-15(13-24)20-18-5-3-4-6-19(18)28-21(20)22(26)23-16-7-9-17(27-2)10-8-16/h3-10,15H,11-13H2,1-2H3,(H,23,26)/t15-/m0/s1. The number of carbonyl (C=O) groups is 2. The van der Waals surface area contributed by atoms with E-state index in [9.17, 15) is 9.59 Å². The van der Waals surface area contributed by atoms with Crippen LogP contribution in [0.15, 0.2) is 48.5 Å². The number of nitrogens with zero attached hydrogens (tertiary/aromatic N) is 1. The lowest BCUT2D eigenvalue weighted by molar-refractivity contribution is -0.127. The molecule has 1 aliphatic heterocycles. The number of rotatable bonds is 4. The Balaban J connectivity index is 1.68. The summed E-state index contributed by atoms with van der Waals surface area (Å²) in [6.07, 6.45) is 0.878. The SMILES string of the molecule is COc1ccc(NC(=O)c2sc3ccccc3c2[C@H]2CCN(C(C)=O)C2)cc1. The first-order chi connectivity index (χ1) is 13.6. The molecule has 0 bridgehead atoms. The molecule has 2 aromatic carbocycles. The number of likely N-dealkylation sites (tertiary alicyclic amines) is 1. The second kappa shape index (κ2) is 7.64. The molecule has 0 unspecified atom stereocenters. The van der Waals surface area contributed by atoms with Crippen LogP contribution in [0.1, 0.15) is 34.5 Å². The number of anilines is 1. The van der Waals surface area contributed by atoms with E-state index >= 15 is 0 Å². The quantitative estimate of drug-likeness (QED) is 0.709. The summed E-state index contributed by atoms with van der Waals surface area (Å²) in [4.78, 5) is 27.5. The first-order valence-electron chi connectivity index (χ1n) is 9.29. The van der Waals surface area contributed by atoms with Crippen molar-refractivity contribution in [3.05, 3.63) is 59.0 Å². The predicted molar refractivity (Wildman–Crippen MR) is 112 cm³/mol. The highest BCUT2D eigenvalue weighted by Gasteiger charge is 2.31. The molecule has 1 atom stereocenters. The molecule has 5 nitrogen and oxygen atoms in total. The van der Waals surface area contributed by atoms with Gasteiger partial charge in [-0.05, 0) is 47.7 Å². The summed E-state index contributed by atoms with van der Waals surface area (Å²) < 4.78 is 6.27. The van der Waals surface area contributed by atoms with Crippen LogP contribution < -0.4 is 10.1 Å². The number of benzene rings is 2. The molecule has 144 valence electrons. The largest absolute Gasteiger partial charge is 0.497 e. The van der Waals surface area contributed by atoms with Gasteiger partial charge in [0.2, 0.25) is 5.91 Å². The van der Waals surface area contributed by atoms with Gasteiger partial charge in [-0.25, -0.2) is 0 Å². The van der Waals surface area contributed by atoms with Crippen molar-refractivity contribution < 1.29 is 14.3 Å². The molecule has 1 N–H and O–H groups in total. The maximum Gasteiger partial charge on any atom is 0.266 e. The molecule has 1 aromatic heterocycles. The van der Waals surface area contributed by atoms with E-state index in [-0.39, 0.29) is 17.7 Å². The molecule has 3 aromatic rings. The summed E-state index contributed by atoms with van der Waals surface area (Å²) in [5.41, 5.74) is 1.79. The van der Waals surface area contributed by atoms with E-state index in [1.807, 2.05) is 47.4 Å². The minimum Gasteiger partial charge on any atom is -0.497 e. The lowest BCUT2D eigenvalue weighted by atomic mass is 9.95. The van der Waals surface area contributed by atoms with Gasteiger partial charge in [-0.3, -0.25) is 9.59 Å². The lowest BCUT2D eigenvalue weighted by Crippen LogP contribution is -2.25. The van der Waals surface area contributed by atoms with E-state index in [1.165, 1.54) is 11.3 Å².